The Morgan fingerprint density at radius 1 is 1.07 bits per heavy atom. The number of nitrogens with one attached hydrogen (secondary N) is 1. The molecule has 0 aliphatic heterocycles. The Bertz CT molecular complexity index is 1000. The number of benzene rings is 2. The van der Waals surface area contributed by atoms with Gasteiger partial charge >= 0.3 is 0 Å². The van der Waals surface area contributed by atoms with Crippen molar-refractivity contribution in [3.05, 3.63) is 83.2 Å². The van der Waals surface area contributed by atoms with Gasteiger partial charge in [-0.25, -0.2) is 0 Å². The van der Waals surface area contributed by atoms with E-state index in [-0.39, 0.29) is 12.0 Å². The number of anilines is 1. The molecule has 5 heteroatoms. The van der Waals surface area contributed by atoms with E-state index in [2.05, 4.69) is 10.3 Å². The highest BCUT2D eigenvalue weighted by Crippen LogP contribution is 2.27. The summed E-state index contributed by atoms with van der Waals surface area (Å²) in [7, 11) is 1.68. The Hall–Kier alpha value is -3.18. The van der Waals surface area contributed by atoms with Gasteiger partial charge < -0.3 is 14.8 Å². The third-order valence-corrected chi connectivity index (χ3v) is 4.70. The zero-order valence-corrected chi connectivity index (χ0v) is 17.2. The molecule has 0 saturated carbocycles. The number of hydrogen-bond acceptors (Lipinski definition) is 4. The van der Waals surface area contributed by atoms with Crippen LogP contribution in [-0.4, -0.2) is 24.1 Å². The molecule has 29 heavy (non-hydrogen) atoms. The summed E-state index contributed by atoms with van der Waals surface area (Å²) in [4.78, 5) is 17.3. The number of methoxy groups -OCH3 is 1. The van der Waals surface area contributed by atoms with Crippen LogP contribution in [0.2, 0.25) is 0 Å². The van der Waals surface area contributed by atoms with Crippen LogP contribution in [0.1, 0.15) is 34.2 Å². The van der Waals surface area contributed by atoms with Crippen LogP contribution in [0.5, 0.6) is 11.5 Å². The SMILES string of the molecule is COC(C)Cc1ccc(C(=O)Nc2cccc(Oc3ccccc3C)c2)c(C)n1. The van der Waals surface area contributed by atoms with Crippen molar-refractivity contribution in [3.8, 4) is 11.5 Å². The molecule has 0 fully saturated rings. The Kier molecular flexibility index (Phi) is 6.62. The summed E-state index contributed by atoms with van der Waals surface area (Å²) in [5.41, 5.74) is 3.85. The van der Waals surface area contributed by atoms with Gasteiger partial charge in [0, 0.05) is 31.0 Å². The maximum atomic E-state index is 12.7. The van der Waals surface area contributed by atoms with Gasteiger partial charge in [0.25, 0.3) is 5.91 Å². The third-order valence-electron chi connectivity index (χ3n) is 4.70. The highest BCUT2D eigenvalue weighted by molar-refractivity contribution is 6.05. The molecule has 5 nitrogen and oxygen atoms in total. The number of para-hydroxylation sites is 1. The van der Waals surface area contributed by atoms with Gasteiger partial charge in [-0.1, -0.05) is 24.3 Å². The highest BCUT2D eigenvalue weighted by Gasteiger charge is 2.13. The zero-order valence-electron chi connectivity index (χ0n) is 17.2. The number of nitrogens with zero attached hydrogens (tertiary/aromatic N) is 1. The predicted molar refractivity (Wildman–Crippen MR) is 115 cm³/mol. The molecule has 0 aliphatic carbocycles. The maximum Gasteiger partial charge on any atom is 0.257 e. The topological polar surface area (TPSA) is 60.5 Å². The first kappa shape index (κ1) is 20.6. The van der Waals surface area contributed by atoms with Crippen molar-refractivity contribution in [2.24, 2.45) is 0 Å². The van der Waals surface area contributed by atoms with E-state index >= 15 is 0 Å². The molecule has 1 aromatic heterocycles. The van der Waals surface area contributed by atoms with Crippen molar-refractivity contribution < 1.29 is 14.3 Å². The third kappa shape index (κ3) is 5.42. The monoisotopic (exact) mass is 390 g/mol. The maximum absolute atomic E-state index is 12.7. The summed E-state index contributed by atoms with van der Waals surface area (Å²) < 4.78 is 11.2. The molecule has 3 rings (SSSR count). The van der Waals surface area contributed by atoms with Crippen molar-refractivity contribution in [3.63, 3.8) is 0 Å². The number of aryl methyl sites for hydroxylation is 2. The number of pyridine rings is 1. The van der Waals surface area contributed by atoms with Crippen LogP contribution in [0.3, 0.4) is 0 Å². The van der Waals surface area contributed by atoms with E-state index in [1.807, 2.05) is 81.4 Å². The van der Waals surface area contributed by atoms with E-state index in [4.69, 9.17) is 9.47 Å². The number of carbonyl (C=O) groups is 1. The first-order chi connectivity index (χ1) is 14.0. The van der Waals surface area contributed by atoms with Crippen LogP contribution >= 0.6 is 0 Å². The number of hydrogen-bond donors (Lipinski definition) is 1. The molecule has 150 valence electrons. The average molecular weight is 390 g/mol. The van der Waals surface area contributed by atoms with Gasteiger partial charge in [0.2, 0.25) is 0 Å². The van der Waals surface area contributed by atoms with Gasteiger partial charge in [0.15, 0.2) is 0 Å². The lowest BCUT2D eigenvalue weighted by Crippen LogP contribution is -2.16. The molecule has 0 radical (unpaired) electrons. The van der Waals surface area contributed by atoms with E-state index in [1.165, 1.54) is 0 Å². The summed E-state index contributed by atoms with van der Waals surface area (Å²) in [6.45, 7) is 5.82. The standard InChI is InChI=1S/C24H26N2O3/c1-16-8-5-6-11-23(16)29-21-10-7-9-19(15-21)26-24(27)22-13-12-20(25-18(22)3)14-17(2)28-4/h5-13,15,17H,14H2,1-4H3,(H,26,27). The van der Waals surface area contributed by atoms with Crippen LogP contribution in [0.15, 0.2) is 60.7 Å². The van der Waals surface area contributed by atoms with E-state index in [1.54, 1.807) is 7.11 Å². The summed E-state index contributed by atoms with van der Waals surface area (Å²) >= 11 is 0. The number of ether oxygens (including phenoxy) is 2. The minimum Gasteiger partial charge on any atom is -0.457 e. The van der Waals surface area contributed by atoms with Gasteiger partial charge in [-0.2, -0.15) is 0 Å². The smallest absolute Gasteiger partial charge is 0.257 e. The van der Waals surface area contributed by atoms with E-state index in [9.17, 15) is 4.79 Å². The number of carbonyl (C=O) groups excluding carboxylic acids is 1. The van der Waals surface area contributed by atoms with Crippen molar-refractivity contribution in [2.75, 3.05) is 12.4 Å². The van der Waals surface area contributed by atoms with Crippen LogP contribution in [0.4, 0.5) is 5.69 Å². The van der Waals surface area contributed by atoms with Crippen LogP contribution in [0.25, 0.3) is 0 Å². The second-order valence-electron chi connectivity index (χ2n) is 7.04. The van der Waals surface area contributed by atoms with Crippen LogP contribution in [0, 0.1) is 13.8 Å². The molecule has 0 aliphatic rings. The quantitative estimate of drug-likeness (QED) is 0.593. The molecule has 0 bridgehead atoms. The minimum atomic E-state index is -0.200. The Morgan fingerprint density at radius 3 is 2.59 bits per heavy atom. The number of aromatic nitrogens is 1. The molecule has 1 N–H and O–H groups in total. The molecule has 0 saturated heterocycles. The predicted octanol–water partition coefficient (Wildman–Crippen LogP) is 5.32. The summed E-state index contributed by atoms with van der Waals surface area (Å²) in [6.07, 6.45) is 0.787. The van der Waals surface area contributed by atoms with Crippen molar-refractivity contribution in [2.45, 2.75) is 33.3 Å². The normalized spacial score (nSPS) is 11.7. The molecule has 1 unspecified atom stereocenters. The largest absolute Gasteiger partial charge is 0.457 e. The minimum absolute atomic E-state index is 0.0811. The second-order valence-corrected chi connectivity index (χ2v) is 7.04. The van der Waals surface area contributed by atoms with Gasteiger partial charge in [-0.3, -0.25) is 9.78 Å². The van der Waals surface area contributed by atoms with E-state index < -0.39 is 0 Å². The van der Waals surface area contributed by atoms with Crippen molar-refractivity contribution >= 4 is 11.6 Å². The fraction of sp³-hybridized carbons (Fsp3) is 0.250. The van der Waals surface area contributed by atoms with Crippen molar-refractivity contribution in [1.29, 1.82) is 0 Å². The van der Waals surface area contributed by atoms with E-state index in [0.29, 0.717) is 29.1 Å². The van der Waals surface area contributed by atoms with Crippen LogP contribution < -0.4 is 10.1 Å². The lowest BCUT2D eigenvalue weighted by Gasteiger charge is -2.12. The van der Waals surface area contributed by atoms with Gasteiger partial charge in [0.1, 0.15) is 11.5 Å². The molecule has 0 spiro atoms. The van der Waals surface area contributed by atoms with Gasteiger partial charge in [0.05, 0.1) is 17.4 Å². The first-order valence-corrected chi connectivity index (χ1v) is 9.60. The fourth-order valence-corrected chi connectivity index (χ4v) is 2.98. The second kappa shape index (κ2) is 9.34. The Labute approximate surface area is 171 Å². The molecule has 2 aromatic carbocycles. The van der Waals surface area contributed by atoms with Crippen LogP contribution in [-0.2, 0) is 11.2 Å². The van der Waals surface area contributed by atoms with E-state index in [0.717, 1.165) is 17.0 Å². The number of amides is 1. The molecule has 3 aromatic rings. The fourth-order valence-electron chi connectivity index (χ4n) is 2.98. The lowest BCUT2D eigenvalue weighted by molar-refractivity contribution is 0.102. The molecular weight excluding hydrogens is 364 g/mol. The highest BCUT2D eigenvalue weighted by atomic mass is 16.5. The molecule has 1 heterocycles. The zero-order chi connectivity index (χ0) is 20.8. The van der Waals surface area contributed by atoms with Gasteiger partial charge in [-0.05, 0) is 56.7 Å². The molecule has 1 amide bonds. The number of rotatable bonds is 7. The Balaban J connectivity index is 1.71. The average Bonchev–Trinajstić information content (AvgIpc) is 2.70. The first-order valence-electron chi connectivity index (χ1n) is 9.60. The summed E-state index contributed by atoms with van der Waals surface area (Å²) in [5.74, 6) is 1.25. The lowest BCUT2D eigenvalue weighted by atomic mass is 10.1. The summed E-state index contributed by atoms with van der Waals surface area (Å²) in [5, 5.41) is 2.93. The molecule has 1 atom stereocenters. The molecular formula is C24H26N2O3. The van der Waals surface area contributed by atoms with Gasteiger partial charge in [-0.15, -0.1) is 0 Å². The van der Waals surface area contributed by atoms with Crippen molar-refractivity contribution in [1.82, 2.24) is 4.98 Å². The summed E-state index contributed by atoms with van der Waals surface area (Å²) in [6, 6.07) is 18.8. The Morgan fingerprint density at radius 2 is 1.86 bits per heavy atom.